The summed E-state index contributed by atoms with van der Waals surface area (Å²) in [5, 5.41) is 7.14. The van der Waals surface area contributed by atoms with E-state index in [-0.39, 0.29) is 5.75 Å². The maximum absolute atomic E-state index is 12.0. The minimum absolute atomic E-state index is 0.0962. The highest BCUT2D eigenvalue weighted by Gasteiger charge is 2.21. The molecule has 1 saturated carbocycles. The molecular formula is C13H13F2N3O2. The number of hydrogen-bond donors (Lipinski definition) is 1. The van der Waals surface area contributed by atoms with Gasteiger partial charge in [-0.15, -0.1) is 0 Å². The molecule has 3 rings (SSSR count). The van der Waals surface area contributed by atoms with E-state index < -0.39 is 6.61 Å². The number of nitrogens with zero attached hydrogens (tertiary/aromatic N) is 2. The molecule has 0 bridgehead atoms. The summed E-state index contributed by atoms with van der Waals surface area (Å²) < 4.78 is 33.5. The van der Waals surface area contributed by atoms with Crippen LogP contribution in [0, 0.1) is 0 Å². The summed E-state index contributed by atoms with van der Waals surface area (Å²) in [5.74, 6) is 1.04. The lowest BCUT2D eigenvalue weighted by atomic mass is 10.2. The molecule has 1 heterocycles. The molecule has 1 aliphatic carbocycles. The zero-order chi connectivity index (χ0) is 13.9. The molecule has 7 heteroatoms. The number of ether oxygens (including phenoxy) is 1. The van der Waals surface area contributed by atoms with Gasteiger partial charge in [0.1, 0.15) is 5.75 Å². The van der Waals surface area contributed by atoms with E-state index in [0.29, 0.717) is 29.9 Å². The molecule has 106 valence electrons. The van der Waals surface area contributed by atoms with Gasteiger partial charge in [-0.05, 0) is 37.1 Å². The van der Waals surface area contributed by atoms with E-state index in [1.165, 1.54) is 25.0 Å². The van der Waals surface area contributed by atoms with E-state index in [0.717, 1.165) is 0 Å². The summed E-state index contributed by atoms with van der Waals surface area (Å²) in [4.78, 5) is 4.24. The Bertz CT molecular complexity index is 567. The van der Waals surface area contributed by atoms with E-state index in [1.807, 2.05) is 0 Å². The molecule has 1 aromatic heterocycles. The highest BCUT2D eigenvalue weighted by atomic mass is 19.3. The van der Waals surface area contributed by atoms with Gasteiger partial charge in [0.15, 0.2) is 5.82 Å². The topological polar surface area (TPSA) is 60.2 Å². The van der Waals surface area contributed by atoms with E-state index in [2.05, 4.69) is 20.2 Å². The molecule has 1 aliphatic rings. The molecule has 0 unspecified atom stereocenters. The zero-order valence-electron chi connectivity index (χ0n) is 10.6. The predicted octanol–water partition coefficient (Wildman–Crippen LogP) is 2.59. The van der Waals surface area contributed by atoms with Crippen LogP contribution in [0.1, 0.15) is 18.7 Å². The fourth-order valence-electron chi connectivity index (χ4n) is 1.75. The van der Waals surface area contributed by atoms with Crippen molar-refractivity contribution in [1.29, 1.82) is 0 Å². The number of halogens is 2. The van der Waals surface area contributed by atoms with Crippen LogP contribution in [0.5, 0.6) is 5.75 Å². The Hall–Kier alpha value is -2.02. The van der Waals surface area contributed by atoms with Gasteiger partial charge in [0.2, 0.25) is 0 Å². The van der Waals surface area contributed by atoms with Gasteiger partial charge >= 0.3 is 6.61 Å². The quantitative estimate of drug-likeness (QED) is 0.881. The smallest absolute Gasteiger partial charge is 0.387 e. The summed E-state index contributed by atoms with van der Waals surface area (Å²) in [5.41, 5.74) is 0.664. The van der Waals surface area contributed by atoms with Crippen molar-refractivity contribution in [2.75, 3.05) is 0 Å². The Morgan fingerprint density at radius 1 is 1.30 bits per heavy atom. The van der Waals surface area contributed by atoms with Gasteiger partial charge in [0.25, 0.3) is 5.89 Å². The third-order valence-corrected chi connectivity index (χ3v) is 2.92. The summed E-state index contributed by atoms with van der Waals surface area (Å²) in [7, 11) is 0. The molecule has 0 saturated heterocycles. The second-order valence-corrected chi connectivity index (χ2v) is 4.57. The molecular weight excluding hydrogens is 268 g/mol. The SMILES string of the molecule is FC(F)Oc1ccc(-c2nc(CNC3CC3)no2)cc1. The molecule has 0 spiro atoms. The third kappa shape index (κ3) is 3.30. The van der Waals surface area contributed by atoms with E-state index in [4.69, 9.17) is 4.52 Å². The first-order chi connectivity index (χ1) is 9.70. The highest BCUT2D eigenvalue weighted by molar-refractivity contribution is 5.54. The van der Waals surface area contributed by atoms with Crippen LogP contribution in [-0.2, 0) is 6.54 Å². The summed E-state index contributed by atoms with van der Waals surface area (Å²) >= 11 is 0. The van der Waals surface area contributed by atoms with E-state index in [9.17, 15) is 8.78 Å². The molecule has 0 amide bonds. The van der Waals surface area contributed by atoms with Crippen LogP contribution >= 0.6 is 0 Å². The van der Waals surface area contributed by atoms with Crippen LogP contribution in [0.25, 0.3) is 11.5 Å². The van der Waals surface area contributed by atoms with Gasteiger partial charge in [0, 0.05) is 11.6 Å². The zero-order valence-corrected chi connectivity index (χ0v) is 10.6. The molecule has 1 N–H and O–H groups in total. The van der Waals surface area contributed by atoms with Gasteiger partial charge in [0.05, 0.1) is 6.54 Å². The monoisotopic (exact) mass is 281 g/mol. The van der Waals surface area contributed by atoms with Gasteiger partial charge in [-0.25, -0.2) is 0 Å². The number of aromatic nitrogens is 2. The van der Waals surface area contributed by atoms with E-state index in [1.54, 1.807) is 12.1 Å². The maximum atomic E-state index is 12.0. The van der Waals surface area contributed by atoms with Crippen LogP contribution < -0.4 is 10.1 Å². The molecule has 0 aliphatic heterocycles. The lowest BCUT2D eigenvalue weighted by Crippen LogP contribution is -2.16. The Balaban J connectivity index is 1.65. The Labute approximate surface area is 113 Å². The third-order valence-electron chi connectivity index (χ3n) is 2.92. The number of hydrogen-bond acceptors (Lipinski definition) is 5. The lowest BCUT2D eigenvalue weighted by Gasteiger charge is -2.03. The first-order valence-corrected chi connectivity index (χ1v) is 6.32. The van der Waals surface area contributed by atoms with Crippen molar-refractivity contribution in [3.05, 3.63) is 30.1 Å². The Kier molecular flexibility index (Phi) is 3.60. The standard InChI is InChI=1S/C13H13F2N3O2/c14-13(15)19-10-5-1-8(2-6-10)12-17-11(18-20-12)7-16-9-3-4-9/h1-2,5-6,9,13,16H,3-4,7H2. The minimum atomic E-state index is -2.83. The largest absolute Gasteiger partial charge is 0.435 e. The summed E-state index contributed by atoms with van der Waals surface area (Å²) in [6, 6.07) is 6.65. The van der Waals surface area contributed by atoms with Gasteiger partial charge in [-0.1, -0.05) is 5.16 Å². The van der Waals surface area contributed by atoms with Crippen LogP contribution in [0.2, 0.25) is 0 Å². The minimum Gasteiger partial charge on any atom is -0.435 e. The number of nitrogens with one attached hydrogen (secondary N) is 1. The average molecular weight is 281 g/mol. The molecule has 20 heavy (non-hydrogen) atoms. The highest BCUT2D eigenvalue weighted by Crippen LogP contribution is 2.22. The fraction of sp³-hybridized carbons (Fsp3) is 0.385. The molecule has 1 aromatic carbocycles. The molecule has 0 radical (unpaired) electrons. The van der Waals surface area contributed by atoms with Crippen LogP contribution in [-0.4, -0.2) is 22.8 Å². The number of alkyl halides is 2. The molecule has 1 fully saturated rings. The van der Waals surface area contributed by atoms with Crippen molar-refractivity contribution in [2.24, 2.45) is 0 Å². The van der Waals surface area contributed by atoms with Crippen molar-refractivity contribution in [1.82, 2.24) is 15.5 Å². The van der Waals surface area contributed by atoms with Crippen molar-refractivity contribution < 1.29 is 18.0 Å². The van der Waals surface area contributed by atoms with Crippen molar-refractivity contribution in [2.45, 2.75) is 32.0 Å². The van der Waals surface area contributed by atoms with Gasteiger partial charge < -0.3 is 14.6 Å². The van der Waals surface area contributed by atoms with Gasteiger partial charge in [-0.3, -0.25) is 0 Å². The second kappa shape index (κ2) is 5.54. The van der Waals surface area contributed by atoms with Gasteiger partial charge in [-0.2, -0.15) is 13.8 Å². The number of rotatable bonds is 6. The first-order valence-electron chi connectivity index (χ1n) is 6.32. The van der Waals surface area contributed by atoms with Crippen molar-refractivity contribution in [3.63, 3.8) is 0 Å². The van der Waals surface area contributed by atoms with Crippen molar-refractivity contribution >= 4 is 0 Å². The van der Waals surface area contributed by atoms with Crippen molar-refractivity contribution in [3.8, 4) is 17.2 Å². The first kappa shape index (κ1) is 13.0. The predicted molar refractivity (Wildman–Crippen MR) is 66.2 cm³/mol. The normalized spacial score (nSPS) is 14.8. The Morgan fingerprint density at radius 2 is 2.05 bits per heavy atom. The summed E-state index contributed by atoms with van der Waals surface area (Å²) in [6.45, 7) is -2.26. The second-order valence-electron chi connectivity index (χ2n) is 4.57. The molecule has 2 aromatic rings. The average Bonchev–Trinajstić information content (AvgIpc) is 3.14. The van der Waals surface area contributed by atoms with Crippen LogP contribution in [0.15, 0.2) is 28.8 Å². The maximum Gasteiger partial charge on any atom is 0.387 e. The van der Waals surface area contributed by atoms with E-state index >= 15 is 0 Å². The molecule has 5 nitrogen and oxygen atoms in total. The number of benzene rings is 1. The fourth-order valence-corrected chi connectivity index (χ4v) is 1.75. The Morgan fingerprint density at radius 3 is 2.70 bits per heavy atom. The van der Waals surface area contributed by atoms with Crippen LogP contribution in [0.4, 0.5) is 8.78 Å². The lowest BCUT2D eigenvalue weighted by molar-refractivity contribution is -0.0498. The van der Waals surface area contributed by atoms with Crippen LogP contribution in [0.3, 0.4) is 0 Å². The molecule has 0 atom stereocenters. The summed E-state index contributed by atoms with van der Waals surface area (Å²) in [6.07, 6.45) is 2.38.